The van der Waals surface area contributed by atoms with Gasteiger partial charge < -0.3 is 34.3 Å². The largest absolute Gasteiger partial charge is 0.504 e. The lowest BCUT2D eigenvalue weighted by Crippen LogP contribution is -2.79. The molecule has 5 rings (SSSR count). The normalized spacial score (nSPS) is 45.9. The van der Waals surface area contributed by atoms with E-state index in [0.29, 0.717) is 11.1 Å². The first-order chi connectivity index (χ1) is 17.3. The molecule has 1 spiro atoms. The summed E-state index contributed by atoms with van der Waals surface area (Å²) < 4.78 is 22.5. The molecule has 11 nitrogen and oxygen atoms in total. The number of hydrogen-bond acceptors (Lipinski definition) is 11. The molecule has 0 radical (unpaired) electrons. The Kier molecular flexibility index (Phi) is 5.68. The van der Waals surface area contributed by atoms with Gasteiger partial charge in [0.15, 0.2) is 11.5 Å². The van der Waals surface area contributed by atoms with Gasteiger partial charge in [-0.05, 0) is 44.1 Å². The van der Waals surface area contributed by atoms with E-state index in [-0.39, 0.29) is 25.2 Å². The molecule has 4 fully saturated rings. The van der Waals surface area contributed by atoms with Gasteiger partial charge in [0.25, 0.3) is 0 Å². The molecule has 3 aliphatic carbocycles. The Bertz CT molecular complexity index is 1150. The second kappa shape index (κ2) is 8.12. The van der Waals surface area contributed by atoms with E-state index in [1.165, 1.54) is 6.08 Å². The van der Waals surface area contributed by atoms with E-state index >= 15 is 0 Å². The fourth-order valence-electron chi connectivity index (χ4n) is 8.25. The highest BCUT2D eigenvalue weighted by Gasteiger charge is 2.85. The number of hydrogen-bond donors (Lipinski definition) is 3. The third-order valence-corrected chi connectivity index (χ3v) is 9.49. The molecule has 0 aromatic carbocycles. The average molecular weight is 521 g/mol. The van der Waals surface area contributed by atoms with Crippen molar-refractivity contribution in [2.45, 2.75) is 70.6 Å². The Morgan fingerprint density at radius 1 is 1.16 bits per heavy atom. The van der Waals surface area contributed by atoms with Crippen LogP contribution in [0.15, 0.2) is 23.0 Å². The number of methoxy groups -OCH3 is 1. The van der Waals surface area contributed by atoms with Crippen molar-refractivity contribution in [3.05, 3.63) is 23.0 Å². The second-order valence-corrected chi connectivity index (χ2v) is 11.5. The number of fused-ring (bicyclic) bond motifs is 2. The summed E-state index contributed by atoms with van der Waals surface area (Å²) in [5.41, 5.74) is -3.50. The van der Waals surface area contributed by atoms with Gasteiger partial charge in [0.1, 0.15) is 12.2 Å². The van der Waals surface area contributed by atoms with Crippen molar-refractivity contribution in [3.63, 3.8) is 0 Å². The molecule has 11 heteroatoms. The summed E-state index contributed by atoms with van der Waals surface area (Å²) in [5.74, 6) is -6.30. The van der Waals surface area contributed by atoms with Crippen LogP contribution in [0.4, 0.5) is 0 Å². The molecule has 5 aliphatic rings. The molecule has 0 amide bonds. The number of ether oxygens (including phenoxy) is 4. The number of rotatable bonds is 3. The minimum Gasteiger partial charge on any atom is -0.504 e. The number of carbonyl (C=O) groups is 4. The summed E-state index contributed by atoms with van der Waals surface area (Å²) in [7, 11) is 1.09. The summed E-state index contributed by atoms with van der Waals surface area (Å²) in [5, 5.41) is 33.6. The fourth-order valence-corrected chi connectivity index (χ4v) is 8.25. The number of allylic oxidation sites excluding steroid dienone is 3. The SMILES string of the molecule is COC(=O)[C@]12OC[C@@]34[C@H]([C@H](O)[C@@H]1O)[C@@]1(C)CC(=O)C(O)=C(C)[C@H]1C[C@H]3OC(=O)[C@@H](OC(=O)C=C(C)C)[C@@H]24. The zero-order valence-electron chi connectivity index (χ0n) is 21.3. The minimum atomic E-state index is -2.22. The highest BCUT2D eigenvalue weighted by atomic mass is 16.6. The maximum atomic E-state index is 13.4. The third-order valence-electron chi connectivity index (χ3n) is 9.49. The number of aliphatic hydroxyl groups is 3. The van der Waals surface area contributed by atoms with Gasteiger partial charge in [-0.25, -0.2) is 14.4 Å². The van der Waals surface area contributed by atoms with Crippen molar-refractivity contribution < 1.29 is 53.4 Å². The van der Waals surface area contributed by atoms with Crippen molar-refractivity contribution in [2.24, 2.45) is 28.6 Å². The number of Topliss-reactive ketones (excluding diaryl/α,β-unsaturated/α-hetero) is 1. The van der Waals surface area contributed by atoms with Crippen LogP contribution < -0.4 is 0 Å². The predicted octanol–water partition coefficient (Wildman–Crippen LogP) is 0.517. The van der Waals surface area contributed by atoms with Gasteiger partial charge in [-0.15, -0.1) is 0 Å². The Morgan fingerprint density at radius 2 is 1.84 bits per heavy atom. The summed E-state index contributed by atoms with van der Waals surface area (Å²) >= 11 is 0. The standard InChI is InChI=1S/C26H32O11/c1-10(2)6-15(28)37-18-20-25-9-35-26(20,23(33)34-5)21(31)17(30)19(25)24(4)8-13(27)16(29)11(3)12(24)7-14(25)36-22(18)32/h6,12,14,17-21,29-31H,7-9H2,1-5H3/t12-,14-,17+,18+,19-,20-,21+,24+,25+,26-/m1/s1. The van der Waals surface area contributed by atoms with Gasteiger partial charge in [0, 0.05) is 23.8 Å². The van der Waals surface area contributed by atoms with E-state index in [4.69, 9.17) is 18.9 Å². The third kappa shape index (κ3) is 3.04. The van der Waals surface area contributed by atoms with Gasteiger partial charge >= 0.3 is 17.9 Å². The van der Waals surface area contributed by atoms with E-state index in [0.717, 1.165) is 7.11 Å². The monoisotopic (exact) mass is 520 g/mol. The van der Waals surface area contributed by atoms with Crippen molar-refractivity contribution in [1.82, 2.24) is 0 Å². The van der Waals surface area contributed by atoms with E-state index in [1.807, 2.05) is 0 Å². The first-order valence-corrected chi connectivity index (χ1v) is 12.3. The second-order valence-electron chi connectivity index (χ2n) is 11.5. The zero-order chi connectivity index (χ0) is 27.2. The van der Waals surface area contributed by atoms with E-state index < -0.39 is 82.3 Å². The molecule has 2 heterocycles. The average Bonchev–Trinajstić information content (AvgIpc) is 3.12. The van der Waals surface area contributed by atoms with Crippen LogP contribution in [-0.2, 0) is 38.1 Å². The smallest absolute Gasteiger partial charge is 0.348 e. The van der Waals surface area contributed by atoms with E-state index in [1.54, 1.807) is 27.7 Å². The quantitative estimate of drug-likeness (QED) is 0.270. The Balaban J connectivity index is 1.74. The molecule has 0 aromatic heterocycles. The van der Waals surface area contributed by atoms with Crippen LogP contribution >= 0.6 is 0 Å². The van der Waals surface area contributed by atoms with Crippen LogP contribution in [-0.4, -0.2) is 82.7 Å². The van der Waals surface area contributed by atoms with Crippen molar-refractivity contribution in [2.75, 3.05) is 13.7 Å². The zero-order valence-corrected chi connectivity index (χ0v) is 21.3. The maximum Gasteiger partial charge on any atom is 0.348 e. The molecular weight excluding hydrogens is 488 g/mol. The first kappa shape index (κ1) is 25.9. The number of esters is 3. The van der Waals surface area contributed by atoms with Gasteiger partial charge in [-0.1, -0.05) is 12.5 Å². The topological polar surface area (TPSA) is 166 Å². The molecule has 0 unspecified atom stereocenters. The Labute approximate surface area is 213 Å². The Hall–Kier alpha value is -2.76. The van der Waals surface area contributed by atoms with Crippen LogP contribution in [0.2, 0.25) is 0 Å². The summed E-state index contributed by atoms with van der Waals surface area (Å²) in [6.07, 6.45) is -4.79. The minimum absolute atomic E-state index is 0.141. The van der Waals surface area contributed by atoms with E-state index in [2.05, 4.69) is 0 Å². The molecule has 3 N–H and O–H groups in total. The van der Waals surface area contributed by atoms with E-state index in [9.17, 15) is 34.5 Å². The Morgan fingerprint density at radius 3 is 2.46 bits per heavy atom. The molecule has 2 saturated carbocycles. The van der Waals surface area contributed by atoms with Crippen molar-refractivity contribution in [3.8, 4) is 0 Å². The molecule has 2 saturated heterocycles. The lowest BCUT2D eigenvalue weighted by atomic mass is 9.38. The van der Waals surface area contributed by atoms with Gasteiger partial charge in [0.05, 0.1) is 25.7 Å². The highest BCUT2D eigenvalue weighted by Crippen LogP contribution is 2.72. The number of carbonyl (C=O) groups excluding carboxylic acids is 4. The molecular formula is C26H32O11. The molecule has 10 atom stereocenters. The summed E-state index contributed by atoms with van der Waals surface area (Å²) in [6, 6.07) is 0. The van der Waals surface area contributed by atoms with Crippen molar-refractivity contribution >= 4 is 23.7 Å². The lowest BCUT2D eigenvalue weighted by molar-refractivity contribution is -0.290. The lowest BCUT2D eigenvalue weighted by Gasteiger charge is -2.67. The molecule has 37 heavy (non-hydrogen) atoms. The number of ketones is 1. The van der Waals surface area contributed by atoms with Crippen LogP contribution in [0.3, 0.4) is 0 Å². The summed E-state index contributed by atoms with van der Waals surface area (Å²) in [4.78, 5) is 52.2. The van der Waals surface area contributed by atoms with Gasteiger partial charge in [0.2, 0.25) is 11.7 Å². The van der Waals surface area contributed by atoms with Crippen LogP contribution in [0.25, 0.3) is 0 Å². The molecule has 202 valence electrons. The number of aliphatic hydroxyl groups excluding tert-OH is 3. The molecule has 0 aromatic rings. The van der Waals surface area contributed by atoms with Crippen LogP contribution in [0.5, 0.6) is 0 Å². The predicted molar refractivity (Wildman–Crippen MR) is 122 cm³/mol. The van der Waals surface area contributed by atoms with Crippen molar-refractivity contribution in [1.29, 1.82) is 0 Å². The van der Waals surface area contributed by atoms with Crippen LogP contribution in [0.1, 0.15) is 40.5 Å². The summed E-state index contributed by atoms with van der Waals surface area (Å²) in [6.45, 7) is 6.53. The van der Waals surface area contributed by atoms with Gasteiger partial charge in [-0.3, -0.25) is 4.79 Å². The van der Waals surface area contributed by atoms with Crippen LogP contribution in [0, 0.1) is 28.6 Å². The first-order valence-electron chi connectivity index (χ1n) is 12.3. The molecule has 2 bridgehead atoms. The highest BCUT2D eigenvalue weighted by molar-refractivity contribution is 5.95. The molecule has 2 aliphatic heterocycles. The van der Waals surface area contributed by atoms with Gasteiger partial charge in [-0.2, -0.15) is 0 Å². The maximum absolute atomic E-state index is 13.4. The fraction of sp³-hybridized carbons (Fsp3) is 0.692.